The summed E-state index contributed by atoms with van der Waals surface area (Å²) in [5.41, 5.74) is 1.53. The quantitative estimate of drug-likeness (QED) is 0.872. The van der Waals surface area contributed by atoms with Crippen LogP contribution in [0, 0.1) is 22.7 Å². The average Bonchev–Trinajstić information content (AvgIpc) is 2.61. The number of hydrogen-bond donors (Lipinski definition) is 1. The Hall–Kier alpha value is -3.64. The third kappa shape index (κ3) is 4.19. The lowest BCUT2D eigenvalue weighted by Gasteiger charge is -2.13. The number of benzene rings is 2. The summed E-state index contributed by atoms with van der Waals surface area (Å²) >= 11 is 0. The van der Waals surface area contributed by atoms with Gasteiger partial charge >= 0.3 is 5.97 Å². The third-order valence-electron chi connectivity index (χ3n) is 3.16. The molecule has 0 saturated heterocycles. The highest BCUT2D eigenvalue weighted by Crippen LogP contribution is 2.12. The van der Waals surface area contributed by atoms with Crippen molar-refractivity contribution in [3.8, 4) is 12.1 Å². The zero-order valence-corrected chi connectivity index (χ0v) is 12.8. The van der Waals surface area contributed by atoms with Gasteiger partial charge < -0.3 is 10.1 Å². The van der Waals surface area contributed by atoms with Crippen molar-refractivity contribution in [1.82, 2.24) is 0 Å². The number of nitrogens with zero attached hydrogens (tertiary/aromatic N) is 2. The van der Waals surface area contributed by atoms with Crippen LogP contribution in [0.4, 0.5) is 5.69 Å². The van der Waals surface area contributed by atoms with Gasteiger partial charge in [0.15, 0.2) is 6.10 Å². The number of rotatable bonds is 4. The van der Waals surface area contributed by atoms with Gasteiger partial charge in [0.05, 0.1) is 28.8 Å². The van der Waals surface area contributed by atoms with E-state index in [0.29, 0.717) is 16.8 Å². The summed E-state index contributed by atoms with van der Waals surface area (Å²) in [5, 5.41) is 20.1. The number of esters is 1. The fourth-order valence-corrected chi connectivity index (χ4v) is 1.87. The van der Waals surface area contributed by atoms with Crippen LogP contribution in [0.2, 0.25) is 0 Å². The topological polar surface area (TPSA) is 103 Å². The molecule has 0 aliphatic heterocycles. The maximum atomic E-state index is 12.1. The van der Waals surface area contributed by atoms with Crippen LogP contribution < -0.4 is 5.32 Å². The third-order valence-corrected chi connectivity index (χ3v) is 3.16. The summed E-state index contributed by atoms with van der Waals surface area (Å²) in [5.74, 6) is -1.17. The second kappa shape index (κ2) is 7.57. The molecule has 6 nitrogen and oxygen atoms in total. The second-order valence-electron chi connectivity index (χ2n) is 4.92. The molecule has 2 rings (SSSR count). The molecule has 0 radical (unpaired) electrons. The first-order chi connectivity index (χ1) is 11.5. The van der Waals surface area contributed by atoms with Crippen LogP contribution >= 0.6 is 0 Å². The van der Waals surface area contributed by atoms with Crippen LogP contribution in [0.3, 0.4) is 0 Å². The standard InChI is InChI=1S/C18H13N3O3/c1-12(17(22)21-16-4-2-3-14(9-16)11-20)24-18(23)15-7-5-13(10-19)6-8-15/h2-9,12H,1H3,(H,21,22)/t12-/m0/s1. The van der Waals surface area contributed by atoms with Crippen molar-refractivity contribution < 1.29 is 14.3 Å². The summed E-state index contributed by atoms with van der Waals surface area (Å²) in [6.07, 6.45) is -1.01. The molecule has 0 aromatic heterocycles. The van der Waals surface area contributed by atoms with Crippen LogP contribution in [0.25, 0.3) is 0 Å². The molecular weight excluding hydrogens is 306 g/mol. The number of carbonyl (C=O) groups excluding carboxylic acids is 2. The van der Waals surface area contributed by atoms with Gasteiger partial charge in [-0.05, 0) is 49.4 Å². The molecule has 0 heterocycles. The van der Waals surface area contributed by atoms with Gasteiger partial charge in [0.25, 0.3) is 5.91 Å². The molecular formula is C18H13N3O3. The lowest BCUT2D eigenvalue weighted by atomic mass is 10.1. The van der Waals surface area contributed by atoms with E-state index in [1.54, 1.807) is 18.2 Å². The molecule has 24 heavy (non-hydrogen) atoms. The molecule has 0 bridgehead atoms. The molecule has 6 heteroatoms. The van der Waals surface area contributed by atoms with Crippen LogP contribution in [-0.2, 0) is 9.53 Å². The molecule has 2 aromatic rings. The lowest BCUT2D eigenvalue weighted by Crippen LogP contribution is -2.30. The van der Waals surface area contributed by atoms with E-state index in [9.17, 15) is 9.59 Å². The predicted octanol–water partition coefficient (Wildman–Crippen LogP) is 2.61. The fourth-order valence-electron chi connectivity index (χ4n) is 1.87. The molecule has 0 saturated carbocycles. The van der Waals surface area contributed by atoms with Gasteiger partial charge in [0.2, 0.25) is 0 Å². The van der Waals surface area contributed by atoms with E-state index in [1.165, 1.54) is 37.3 Å². The van der Waals surface area contributed by atoms with E-state index < -0.39 is 18.0 Å². The van der Waals surface area contributed by atoms with Crippen LogP contribution in [0.5, 0.6) is 0 Å². The molecule has 2 aromatic carbocycles. The minimum absolute atomic E-state index is 0.250. The summed E-state index contributed by atoms with van der Waals surface area (Å²) in [7, 11) is 0. The predicted molar refractivity (Wildman–Crippen MR) is 85.8 cm³/mol. The highest BCUT2D eigenvalue weighted by Gasteiger charge is 2.19. The first-order valence-corrected chi connectivity index (χ1v) is 7.05. The van der Waals surface area contributed by atoms with E-state index in [1.807, 2.05) is 12.1 Å². The van der Waals surface area contributed by atoms with E-state index in [4.69, 9.17) is 15.3 Å². The van der Waals surface area contributed by atoms with Crippen molar-refractivity contribution in [3.63, 3.8) is 0 Å². The van der Waals surface area contributed by atoms with Gasteiger partial charge in [-0.15, -0.1) is 0 Å². The maximum Gasteiger partial charge on any atom is 0.338 e. The molecule has 118 valence electrons. The lowest BCUT2D eigenvalue weighted by molar-refractivity contribution is -0.123. The fraction of sp³-hybridized carbons (Fsp3) is 0.111. The summed E-state index contributed by atoms with van der Waals surface area (Å²) in [6, 6.07) is 16.2. The Kier molecular flexibility index (Phi) is 5.28. The zero-order valence-electron chi connectivity index (χ0n) is 12.8. The molecule has 1 amide bonds. The van der Waals surface area contributed by atoms with Gasteiger partial charge in [0.1, 0.15) is 0 Å². The van der Waals surface area contributed by atoms with Crippen molar-refractivity contribution in [2.45, 2.75) is 13.0 Å². The minimum Gasteiger partial charge on any atom is -0.449 e. The number of anilines is 1. The average molecular weight is 319 g/mol. The first-order valence-electron chi connectivity index (χ1n) is 7.05. The molecule has 0 unspecified atom stereocenters. The maximum absolute atomic E-state index is 12.1. The molecule has 0 aliphatic carbocycles. The summed E-state index contributed by atoms with van der Waals surface area (Å²) < 4.78 is 5.10. The van der Waals surface area contributed by atoms with E-state index >= 15 is 0 Å². The van der Waals surface area contributed by atoms with Crippen LogP contribution in [0.1, 0.15) is 28.4 Å². The summed E-state index contributed by atoms with van der Waals surface area (Å²) in [6.45, 7) is 1.45. The Labute approximate surface area is 138 Å². The van der Waals surface area contributed by atoms with Gasteiger partial charge in [-0.2, -0.15) is 10.5 Å². The number of nitriles is 2. The van der Waals surface area contributed by atoms with Gasteiger partial charge in [-0.1, -0.05) is 6.07 Å². The van der Waals surface area contributed by atoms with Crippen LogP contribution in [0.15, 0.2) is 48.5 Å². The van der Waals surface area contributed by atoms with Crippen molar-refractivity contribution in [2.24, 2.45) is 0 Å². The number of amides is 1. The zero-order chi connectivity index (χ0) is 17.5. The molecule has 0 fully saturated rings. The molecule has 1 atom stereocenters. The molecule has 1 N–H and O–H groups in total. The van der Waals surface area contributed by atoms with E-state index in [2.05, 4.69) is 5.32 Å². The van der Waals surface area contributed by atoms with Crippen molar-refractivity contribution >= 4 is 17.6 Å². The van der Waals surface area contributed by atoms with Gasteiger partial charge in [0, 0.05) is 5.69 Å². The summed E-state index contributed by atoms with van der Waals surface area (Å²) in [4.78, 5) is 24.0. The number of carbonyl (C=O) groups is 2. The van der Waals surface area contributed by atoms with E-state index in [-0.39, 0.29) is 5.56 Å². The van der Waals surface area contributed by atoms with E-state index in [0.717, 1.165) is 0 Å². The normalized spacial score (nSPS) is 10.8. The second-order valence-corrected chi connectivity index (χ2v) is 4.92. The molecule has 0 spiro atoms. The SMILES string of the molecule is C[C@H](OC(=O)c1ccc(C#N)cc1)C(=O)Nc1cccc(C#N)c1. The highest BCUT2D eigenvalue weighted by molar-refractivity contribution is 5.97. The Morgan fingerprint density at radius 3 is 2.33 bits per heavy atom. The van der Waals surface area contributed by atoms with Crippen molar-refractivity contribution in [1.29, 1.82) is 10.5 Å². The van der Waals surface area contributed by atoms with Gasteiger partial charge in [-0.25, -0.2) is 4.79 Å². The minimum atomic E-state index is -1.01. The Bertz CT molecular complexity index is 845. The van der Waals surface area contributed by atoms with Crippen LogP contribution in [-0.4, -0.2) is 18.0 Å². The number of hydrogen-bond acceptors (Lipinski definition) is 5. The monoisotopic (exact) mass is 319 g/mol. The largest absolute Gasteiger partial charge is 0.449 e. The Balaban J connectivity index is 1.98. The first kappa shape index (κ1) is 16.7. The van der Waals surface area contributed by atoms with Gasteiger partial charge in [-0.3, -0.25) is 4.79 Å². The Morgan fingerprint density at radius 1 is 1.04 bits per heavy atom. The van der Waals surface area contributed by atoms with Crippen molar-refractivity contribution in [3.05, 3.63) is 65.2 Å². The van der Waals surface area contributed by atoms with Crippen molar-refractivity contribution in [2.75, 3.05) is 5.32 Å². The number of nitrogens with one attached hydrogen (secondary N) is 1. The highest BCUT2D eigenvalue weighted by atomic mass is 16.5. The Morgan fingerprint density at radius 2 is 1.71 bits per heavy atom. The number of ether oxygens (including phenoxy) is 1. The molecule has 0 aliphatic rings. The smallest absolute Gasteiger partial charge is 0.338 e.